The maximum absolute atomic E-state index is 5.64. The lowest BCUT2D eigenvalue weighted by Gasteiger charge is -2.06. The molecule has 0 aliphatic carbocycles. The van der Waals surface area contributed by atoms with Gasteiger partial charge in [-0.1, -0.05) is 30.4 Å². The molecule has 0 spiro atoms. The molecule has 3 heteroatoms. The number of nitrogens with two attached hydrogens (primary N) is 1. The fourth-order valence-electron chi connectivity index (χ4n) is 1.95. The van der Waals surface area contributed by atoms with E-state index < -0.39 is 0 Å². The lowest BCUT2D eigenvalue weighted by molar-refractivity contribution is 0.615. The van der Waals surface area contributed by atoms with Crippen LogP contribution in [-0.4, -0.2) is 9.78 Å². The third-order valence-corrected chi connectivity index (χ3v) is 2.97. The Kier molecular flexibility index (Phi) is 3.82. The molecule has 0 aliphatic heterocycles. The van der Waals surface area contributed by atoms with Crippen molar-refractivity contribution < 1.29 is 0 Å². The van der Waals surface area contributed by atoms with Crippen LogP contribution in [0, 0.1) is 6.92 Å². The highest BCUT2D eigenvalue weighted by atomic mass is 15.3. The summed E-state index contributed by atoms with van der Waals surface area (Å²) in [4.78, 5) is 0. The molecule has 0 amide bonds. The largest absolute Gasteiger partial charge is 0.396 e. The minimum Gasteiger partial charge on any atom is -0.396 e. The maximum atomic E-state index is 5.64. The summed E-state index contributed by atoms with van der Waals surface area (Å²) in [5.41, 5.74) is 10.3. The molecule has 2 N–H and O–H groups in total. The predicted molar refractivity (Wildman–Crippen MR) is 76.2 cm³/mol. The van der Waals surface area contributed by atoms with Crippen molar-refractivity contribution in [1.82, 2.24) is 9.78 Å². The Morgan fingerprint density at radius 2 is 2.22 bits per heavy atom. The zero-order chi connectivity index (χ0) is 13.0. The molecule has 1 aromatic heterocycles. The van der Waals surface area contributed by atoms with Crippen molar-refractivity contribution >= 4 is 11.8 Å². The van der Waals surface area contributed by atoms with Gasteiger partial charge in [-0.15, -0.1) is 0 Å². The molecule has 2 rings (SSSR count). The van der Waals surface area contributed by atoms with Crippen molar-refractivity contribution in [2.45, 2.75) is 26.8 Å². The van der Waals surface area contributed by atoms with E-state index in [0.717, 1.165) is 13.0 Å². The summed E-state index contributed by atoms with van der Waals surface area (Å²) in [5, 5.41) is 4.18. The number of nitrogen functional groups attached to an aromatic ring is 1. The Balaban J connectivity index is 2.07. The molecule has 0 radical (unpaired) electrons. The molecule has 0 atom stereocenters. The minimum atomic E-state index is 0.716. The summed E-state index contributed by atoms with van der Waals surface area (Å²) in [5.74, 6) is 0. The van der Waals surface area contributed by atoms with Crippen molar-refractivity contribution in [3.63, 3.8) is 0 Å². The molecule has 0 unspecified atom stereocenters. The second kappa shape index (κ2) is 5.54. The first kappa shape index (κ1) is 12.4. The molecule has 2 aromatic rings. The number of rotatable bonds is 4. The lowest BCUT2D eigenvalue weighted by atomic mass is 10.0. The number of nitrogens with zero attached hydrogens (tertiary/aromatic N) is 2. The molecular weight excluding hydrogens is 222 g/mol. The summed E-state index contributed by atoms with van der Waals surface area (Å²) in [6.07, 6.45) is 8.72. The normalized spacial score (nSPS) is 11.2. The summed E-state index contributed by atoms with van der Waals surface area (Å²) in [7, 11) is 0. The first-order valence-electron chi connectivity index (χ1n) is 6.19. The van der Waals surface area contributed by atoms with Crippen LogP contribution >= 0.6 is 0 Å². The van der Waals surface area contributed by atoms with E-state index in [-0.39, 0.29) is 0 Å². The zero-order valence-electron chi connectivity index (χ0n) is 10.9. The highest BCUT2D eigenvalue weighted by Gasteiger charge is 2.00. The van der Waals surface area contributed by atoms with Crippen LogP contribution in [0.15, 0.2) is 36.7 Å². The SMILES string of the molecule is C/C=C\c1cc(CCn2cc(N)cn2)ccc1C. The van der Waals surface area contributed by atoms with Gasteiger partial charge < -0.3 is 5.73 Å². The second-order valence-electron chi connectivity index (χ2n) is 4.48. The molecule has 1 heterocycles. The number of hydrogen-bond donors (Lipinski definition) is 1. The van der Waals surface area contributed by atoms with Crippen LogP contribution in [0.4, 0.5) is 5.69 Å². The number of hydrogen-bond acceptors (Lipinski definition) is 2. The third kappa shape index (κ3) is 3.00. The Morgan fingerprint density at radius 3 is 2.89 bits per heavy atom. The molecule has 0 aliphatic rings. The van der Waals surface area contributed by atoms with Gasteiger partial charge in [0.05, 0.1) is 11.9 Å². The van der Waals surface area contributed by atoms with Crippen LogP contribution in [0.25, 0.3) is 6.08 Å². The number of aryl methyl sites for hydroxylation is 3. The highest BCUT2D eigenvalue weighted by Crippen LogP contribution is 2.14. The Bertz CT molecular complexity index is 553. The molecule has 0 bridgehead atoms. The monoisotopic (exact) mass is 241 g/mol. The van der Waals surface area contributed by atoms with Gasteiger partial charge in [-0.2, -0.15) is 5.10 Å². The molecule has 1 aromatic carbocycles. The predicted octanol–water partition coefficient (Wildman–Crippen LogP) is 3.05. The first-order valence-corrected chi connectivity index (χ1v) is 6.19. The van der Waals surface area contributed by atoms with E-state index in [1.807, 2.05) is 17.8 Å². The molecule has 0 saturated carbocycles. The molecule has 0 saturated heterocycles. The molecule has 0 fully saturated rings. The Labute approximate surface area is 108 Å². The zero-order valence-corrected chi connectivity index (χ0v) is 10.9. The van der Waals surface area contributed by atoms with Crippen molar-refractivity contribution in [3.8, 4) is 0 Å². The van der Waals surface area contributed by atoms with Gasteiger partial charge in [-0.3, -0.25) is 4.68 Å². The van der Waals surface area contributed by atoms with Crippen LogP contribution in [0.2, 0.25) is 0 Å². The Hall–Kier alpha value is -2.03. The fourth-order valence-corrected chi connectivity index (χ4v) is 1.95. The van der Waals surface area contributed by atoms with Gasteiger partial charge in [0, 0.05) is 12.7 Å². The lowest BCUT2D eigenvalue weighted by Crippen LogP contribution is -2.02. The molecule has 3 nitrogen and oxygen atoms in total. The second-order valence-corrected chi connectivity index (χ2v) is 4.48. The van der Waals surface area contributed by atoms with E-state index in [1.54, 1.807) is 6.20 Å². The molecule has 18 heavy (non-hydrogen) atoms. The summed E-state index contributed by atoms with van der Waals surface area (Å²) in [6.45, 7) is 5.03. The van der Waals surface area contributed by atoms with Gasteiger partial charge in [0.25, 0.3) is 0 Å². The van der Waals surface area contributed by atoms with Gasteiger partial charge in [0.15, 0.2) is 0 Å². The van der Waals surface area contributed by atoms with Crippen molar-refractivity contribution in [1.29, 1.82) is 0 Å². The summed E-state index contributed by atoms with van der Waals surface area (Å²) in [6, 6.07) is 6.58. The van der Waals surface area contributed by atoms with Gasteiger partial charge in [-0.05, 0) is 37.0 Å². The van der Waals surface area contributed by atoms with Crippen LogP contribution in [-0.2, 0) is 13.0 Å². The van der Waals surface area contributed by atoms with Gasteiger partial charge in [0.1, 0.15) is 0 Å². The van der Waals surface area contributed by atoms with E-state index in [4.69, 9.17) is 5.73 Å². The van der Waals surface area contributed by atoms with E-state index in [0.29, 0.717) is 5.69 Å². The standard InChI is InChI=1S/C15H19N3/c1-3-4-14-9-13(6-5-12(14)2)7-8-18-11-15(16)10-17-18/h3-6,9-11H,7-8,16H2,1-2H3/b4-3-. The smallest absolute Gasteiger partial charge is 0.0719 e. The third-order valence-electron chi connectivity index (χ3n) is 2.97. The fraction of sp³-hybridized carbons (Fsp3) is 0.267. The topological polar surface area (TPSA) is 43.8 Å². The number of allylic oxidation sites excluding steroid dienone is 1. The number of aromatic nitrogens is 2. The van der Waals surface area contributed by atoms with Gasteiger partial charge in [-0.25, -0.2) is 0 Å². The van der Waals surface area contributed by atoms with Crippen LogP contribution in [0.5, 0.6) is 0 Å². The average Bonchev–Trinajstić information content (AvgIpc) is 2.76. The quantitative estimate of drug-likeness (QED) is 0.894. The summed E-state index contributed by atoms with van der Waals surface area (Å²) < 4.78 is 1.88. The van der Waals surface area contributed by atoms with E-state index >= 15 is 0 Å². The van der Waals surface area contributed by atoms with E-state index in [9.17, 15) is 0 Å². The highest BCUT2D eigenvalue weighted by molar-refractivity contribution is 5.54. The van der Waals surface area contributed by atoms with Crippen molar-refractivity contribution in [2.24, 2.45) is 0 Å². The number of benzene rings is 1. The van der Waals surface area contributed by atoms with Crippen molar-refractivity contribution in [2.75, 3.05) is 5.73 Å². The van der Waals surface area contributed by atoms with Crippen LogP contribution in [0.1, 0.15) is 23.6 Å². The Morgan fingerprint density at radius 1 is 1.39 bits per heavy atom. The molecular formula is C15H19N3. The molecule has 94 valence electrons. The van der Waals surface area contributed by atoms with Gasteiger partial charge >= 0.3 is 0 Å². The van der Waals surface area contributed by atoms with Crippen molar-refractivity contribution in [3.05, 3.63) is 53.4 Å². The number of anilines is 1. The maximum Gasteiger partial charge on any atom is 0.0719 e. The van der Waals surface area contributed by atoms with E-state index in [2.05, 4.69) is 42.4 Å². The van der Waals surface area contributed by atoms with Crippen LogP contribution < -0.4 is 5.73 Å². The minimum absolute atomic E-state index is 0.716. The summed E-state index contributed by atoms with van der Waals surface area (Å²) >= 11 is 0. The average molecular weight is 241 g/mol. The van der Waals surface area contributed by atoms with E-state index in [1.165, 1.54) is 16.7 Å². The first-order chi connectivity index (χ1) is 8.69. The van der Waals surface area contributed by atoms with Gasteiger partial charge in [0.2, 0.25) is 0 Å². The van der Waals surface area contributed by atoms with Crippen LogP contribution in [0.3, 0.4) is 0 Å².